The molecule has 1 aromatic carbocycles. The van der Waals surface area contributed by atoms with Gasteiger partial charge in [-0.05, 0) is 37.1 Å². The maximum absolute atomic E-state index is 11.2. The molecule has 1 aromatic heterocycles. The first kappa shape index (κ1) is 14.4. The van der Waals surface area contributed by atoms with E-state index in [0.717, 1.165) is 5.56 Å². The van der Waals surface area contributed by atoms with Gasteiger partial charge in [-0.1, -0.05) is 6.07 Å². The maximum Gasteiger partial charge on any atom is 0.339 e. The maximum atomic E-state index is 11.2. The summed E-state index contributed by atoms with van der Waals surface area (Å²) in [5.41, 5.74) is 1.61. The van der Waals surface area contributed by atoms with Gasteiger partial charge in [-0.2, -0.15) is 0 Å². The lowest BCUT2D eigenvalue weighted by atomic mass is 10.1. The molecular formula is C14H13N3O4. The van der Waals surface area contributed by atoms with Crippen LogP contribution in [0.1, 0.15) is 21.5 Å². The molecule has 0 fully saturated rings. The fourth-order valence-corrected chi connectivity index (χ4v) is 1.91. The predicted octanol–water partition coefficient (Wildman–Crippen LogP) is 3.05. The third-order valence-corrected chi connectivity index (χ3v) is 3.19. The number of hydrogen-bond acceptors (Lipinski definition) is 5. The van der Waals surface area contributed by atoms with Gasteiger partial charge >= 0.3 is 5.97 Å². The molecule has 0 aliphatic rings. The summed E-state index contributed by atoms with van der Waals surface area (Å²) in [6.45, 7) is 3.55. The average Bonchev–Trinajstić information content (AvgIpc) is 2.44. The minimum atomic E-state index is -1.15. The van der Waals surface area contributed by atoms with Gasteiger partial charge in [0.2, 0.25) is 0 Å². The van der Waals surface area contributed by atoms with Crippen LogP contribution >= 0.6 is 0 Å². The number of benzene rings is 1. The summed E-state index contributed by atoms with van der Waals surface area (Å²) in [4.78, 5) is 25.7. The van der Waals surface area contributed by atoms with Crippen LogP contribution in [0.2, 0.25) is 0 Å². The highest BCUT2D eigenvalue weighted by Crippen LogP contribution is 2.33. The van der Waals surface area contributed by atoms with E-state index in [-0.39, 0.29) is 22.8 Å². The zero-order valence-electron chi connectivity index (χ0n) is 11.5. The molecule has 0 aliphatic carbocycles. The smallest absolute Gasteiger partial charge is 0.339 e. The van der Waals surface area contributed by atoms with E-state index in [4.69, 9.17) is 5.11 Å². The van der Waals surface area contributed by atoms with Gasteiger partial charge in [0.05, 0.1) is 4.92 Å². The predicted molar refractivity (Wildman–Crippen MR) is 77.0 cm³/mol. The van der Waals surface area contributed by atoms with Gasteiger partial charge in [0.1, 0.15) is 17.1 Å². The number of aromatic carboxylic acids is 1. The number of nitro benzene ring substituents is 1. The summed E-state index contributed by atoms with van der Waals surface area (Å²) in [6.07, 6.45) is 1.42. The van der Waals surface area contributed by atoms with Crippen molar-refractivity contribution in [2.45, 2.75) is 13.8 Å². The first-order valence-corrected chi connectivity index (χ1v) is 6.11. The van der Waals surface area contributed by atoms with Gasteiger partial charge in [-0.25, -0.2) is 9.78 Å². The lowest BCUT2D eigenvalue weighted by Gasteiger charge is -2.12. The van der Waals surface area contributed by atoms with Crippen LogP contribution in [0.3, 0.4) is 0 Å². The second kappa shape index (κ2) is 5.58. The average molecular weight is 287 g/mol. The molecule has 0 spiro atoms. The highest BCUT2D eigenvalue weighted by Gasteiger charge is 2.20. The standard InChI is InChI=1S/C14H13N3O4/c1-8-5-6-11(17(20)21)12(9(8)2)16-13-10(14(18)19)4-3-7-15-13/h3-7H,1-2H3,(H,15,16)(H,18,19). The molecule has 2 N–H and O–H groups in total. The topological polar surface area (TPSA) is 105 Å². The van der Waals surface area contributed by atoms with Gasteiger partial charge in [0.15, 0.2) is 0 Å². The van der Waals surface area contributed by atoms with E-state index in [1.807, 2.05) is 6.92 Å². The van der Waals surface area contributed by atoms with Crippen molar-refractivity contribution in [2.24, 2.45) is 0 Å². The van der Waals surface area contributed by atoms with Crippen LogP contribution in [0.5, 0.6) is 0 Å². The van der Waals surface area contributed by atoms with E-state index in [2.05, 4.69) is 10.3 Å². The van der Waals surface area contributed by atoms with E-state index in [1.54, 1.807) is 13.0 Å². The third-order valence-electron chi connectivity index (χ3n) is 3.19. The Labute approximate surface area is 120 Å². The highest BCUT2D eigenvalue weighted by atomic mass is 16.6. The van der Waals surface area contributed by atoms with Crippen molar-refractivity contribution < 1.29 is 14.8 Å². The summed E-state index contributed by atoms with van der Waals surface area (Å²) < 4.78 is 0. The molecule has 7 nitrogen and oxygen atoms in total. The Morgan fingerprint density at radius 1 is 1.33 bits per heavy atom. The molecule has 1 heterocycles. The molecule has 0 unspecified atom stereocenters. The van der Waals surface area contributed by atoms with Gasteiger partial charge in [0, 0.05) is 12.3 Å². The van der Waals surface area contributed by atoms with Crippen LogP contribution < -0.4 is 5.32 Å². The largest absolute Gasteiger partial charge is 0.478 e. The molecule has 2 rings (SSSR count). The summed E-state index contributed by atoms with van der Waals surface area (Å²) in [5, 5.41) is 23.0. The minimum Gasteiger partial charge on any atom is -0.478 e. The van der Waals surface area contributed by atoms with Crippen molar-refractivity contribution in [3.8, 4) is 0 Å². The zero-order valence-corrected chi connectivity index (χ0v) is 11.5. The van der Waals surface area contributed by atoms with Crippen molar-refractivity contribution in [1.29, 1.82) is 0 Å². The van der Waals surface area contributed by atoms with Crippen LogP contribution in [0.25, 0.3) is 0 Å². The molecule has 0 radical (unpaired) electrons. The Morgan fingerprint density at radius 2 is 2.05 bits per heavy atom. The first-order valence-electron chi connectivity index (χ1n) is 6.11. The molecule has 2 aromatic rings. The molecule has 0 saturated heterocycles. The third kappa shape index (κ3) is 2.81. The van der Waals surface area contributed by atoms with E-state index in [9.17, 15) is 14.9 Å². The van der Waals surface area contributed by atoms with Crippen molar-refractivity contribution >= 4 is 23.2 Å². The number of carboxylic acids is 1. The monoisotopic (exact) mass is 287 g/mol. The number of aryl methyl sites for hydroxylation is 1. The van der Waals surface area contributed by atoms with Crippen LogP contribution in [-0.4, -0.2) is 21.0 Å². The van der Waals surface area contributed by atoms with E-state index in [0.29, 0.717) is 5.56 Å². The number of pyridine rings is 1. The number of nitrogens with one attached hydrogen (secondary N) is 1. The molecule has 21 heavy (non-hydrogen) atoms. The number of carbonyl (C=O) groups is 1. The second-order valence-electron chi connectivity index (χ2n) is 4.49. The molecule has 108 valence electrons. The van der Waals surface area contributed by atoms with Crippen LogP contribution in [0, 0.1) is 24.0 Å². The minimum absolute atomic E-state index is 0.0484. The number of hydrogen-bond donors (Lipinski definition) is 2. The van der Waals surface area contributed by atoms with E-state index in [1.165, 1.54) is 24.4 Å². The van der Waals surface area contributed by atoms with Crippen molar-refractivity contribution in [3.05, 3.63) is 57.3 Å². The number of nitro groups is 1. The Morgan fingerprint density at radius 3 is 2.67 bits per heavy atom. The summed E-state index contributed by atoms with van der Waals surface area (Å²) in [5.74, 6) is -1.08. The molecule has 7 heteroatoms. The molecule has 0 saturated carbocycles. The van der Waals surface area contributed by atoms with Gasteiger partial charge < -0.3 is 10.4 Å². The second-order valence-corrected chi connectivity index (χ2v) is 4.49. The summed E-state index contributed by atoms with van der Waals surface area (Å²) in [6, 6.07) is 5.91. The number of carboxylic acid groups (broad SMARTS) is 1. The van der Waals surface area contributed by atoms with Crippen LogP contribution in [-0.2, 0) is 0 Å². The van der Waals surface area contributed by atoms with Gasteiger partial charge in [0.25, 0.3) is 5.69 Å². The number of anilines is 2. The van der Waals surface area contributed by atoms with Crippen molar-refractivity contribution in [3.63, 3.8) is 0 Å². The fourth-order valence-electron chi connectivity index (χ4n) is 1.91. The number of nitrogens with zero attached hydrogens (tertiary/aromatic N) is 2. The van der Waals surface area contributed by atoms with Crippen LogP contribution in [0.4, 0.5) is 17.2 Å². The van der Waals surface area contributed by atoms with E-state index >= 15 is 0 Å². The number of aromatic nitrogens is 1. The van der Waals surface area contributed by atoms with Crippen LogP contribution in [0.15, 0.2) is 30.5 Å². The molecule has 0 aliphatic heterocycles. The zero-order chi connectivity index (χ0) is 15.6. The molecule has 0 atom stereocenters. The Hall–Kier alpha value is -2.96. The molecule has 0 amide bonds. The quantitative estimate of drug-likeness (QED) is 0.661. The van der Waals surface area contributed by atoms with E-state index < -0.39 is 10.9 Å². The van der Waals surface area contributed by atoms with Crippen molar-refractivity contribution in [2.75, 3.05) is 5.32 Å². The van der Waals surface area contributed by atoms with Gasteiger partial charge in [-0.3, -0.25) is 10.1 Å². The summed E-state index contributed by atoms with van der Waals surface area (Å²) >= 11 is 0. The lowest BCUT2D eigenvalue weighted by molar-refractivity contribution is -0.384. The Balaban J connectivity index is 2.57. The molecular weight excluding hydrogens is 274 g/mol. The van der Waals surface area contributed by atoms with Gasteiger partial charge in [-0.15, -0.1) is 0 Å². The first-order chi connectivity index (χ1) is 9.91. The number of rotatable bonds is 4. The normalized spacial score (nSPS) is 10.2. The summed E-state index contributed by atoms with van der Waals surface area (Å²) in [7, 11) is 0. The highest BCUT2D eigenvalue weighted by molar-refractivity contribution is 5.94. The fraction of sp³-hybridized carbons (Fsp3) is 0.143. The lowest BCUT2D eigenvalue weighted by Crippen LogP contribution is -2.07. The SMILES string of the molecule is Cc1ccc([N+](=O)[O-])c(Nc2ncccc2C(=O)O)c1C. The van der Waals surface area contributed by atoms with Crippen molar-refractivity contribution in [1.82, 2.24) is 4.98 Å². The Bertz CT molecular complexity index is 728. The molecule has 0 bridgehead atoms. The Kier molecular flexibility index (Phi) is 3.84.